The van der Waals surface area contributed by atoms with Gasteiger partial charge in [-0.25, -0.2) is 0 Å². The van der Waals surface area contributed by atoms with Gasteiger partial charge in [0, 0.05) is 18.8 Å². The molecular weight excluding hydrogens is 289 g/mol. The summed E-state index contributed by atoms with van der Waals surface area (Å²) in [5.74, 6) is 0. The van der Waals surface area contributed by atoms with Crippen LogP contribution in [0.4, 0.5) is 18.9 Å². The molecule has 0 spiro atoms. The fraction of sp³-hybridized carbons (Fsp3) is 0.462. The third kappa shape index (κ3) is 4.35. The normalized spacial score (nSPS) is 18.9. The van der Waals surface area contributed by atoms with Gasteiger partial charge in [0.25, 0.3) is 0 Å². The zero-order valence-corrected chi connectivity index (χ0v) is 11.5. The van der Waals surface area contributed by atoms with Crippen molar-refractivity contribution in [1.82, 2.24) is 5.32 Å². The Labute approximate surface area is 120 Å². The maximum absolute atomic E-state index is 12.6. The van der Waals surface area contributed by atoms with Crippen LogP contribution in [0.5, 0.6) is 0 Å². The molecule has 1 aromatic rings. The van der Waals surface area contributed by atoms with Crippen molar-refractivity contribution in [3.05, 3.63) is 29.8 Å². The molecule has 1 heterocycles. The van der Waals surface area contributed by atoms with Crippen LogP contribution in [0.2, 0.25) is 0 Å². The molecule has 1 atom stereocenters. The Hall–Kier alpha value is -1.34. The third-order valence-corrected chi connectivity index (χ3v) is 3.21. The molecule has 0 aromatic heterocycles. The Balaban J connectivity index is 1.87. The van der Waals surface area contributed by atoms with Crippen LogP contribution < -0.4 is 10.6 Å². The van der Waals surface area contributed by atoms with Gasteiger partial charge in [-0.15, -0.1) is 0 Å². The maximum Gasteiger partial charge on any atom is 0.416 e. The summed E-state index contributed by atoms with van der Waals surface area (Å²) in [6, 6.07) is 4.93. The number of halogens is 3. The lowest BCUT2D eigenvalue weighted by Gasteiger charge is -2.15. The van der Waals surface area contributed by atoms with Crippen LogP contribution in [-0.4, -0.2) is 24.4 Å². The highest BCUT2D eigenvalue weighted by Gasteiger charge is 2.30. The van der Waals surface area contributed by atoms with Crippen LogP contribution in [0.25, 0.3) is 0 Å². The number of rotatable bonds is 3. The minimum absolute atomic E-state index is 0.122. The van der Waals surface area contributed by atoms with Crippen molar-refractivity contribution in [3.8, 4) is 0 Å². The summed E-state index contributed by atoms with van der Waals surface area (Å²) in [5, 5.41) is 5.98. The second kappa shape index (κ2) is 6.41. The van der Waals surface area contributed by atoms with Crippen molar-refractivity contribution in [2.75, 3.05) is 18.5 Å². The van der Waals surface area contributed by atoms with Crippen LogP contribution >= 0.6 is 12.2 Å². The van der Waals surface area contributed by atoms with Gasteiger partial charge in [0.05, 0.1) is 11.7 Å². The number of thiocarbonyl (C=S) groups is 1. The second-order valence-electron chi connectivity index (χ2n) is 4.55. The van der Waals surface area contributed by atoms with E-state index in [1.165, 1.54) is 12.1 Å². The number of hydrogen-bond donors (Lipinski definition) is 2. The summed E-state index contributed by atoms with van der Waals surface area (Å²) in [7, 11) is 0. The first kappa shape index (κ1) is 15.1. The number of ether oxygens (including phenoxy) is 1. The molecule has 0 unspecified atom stereocenters. The van der Waals surface area contributed by atoms with Crippen LogP contribution in [0.15, 0.2) is 24.3 Å². The fourth-order valence-corrected chi connectivity index (χ4v) is 2.16. The first-order valence-corrected chi connectivity index (χ1v) is 6.70. The van der Waals surface area contributed by atoms with E-state index in [-0.39, 0.29) is 6.10 Å². The van der Waals surface area contributed by atoms with E-state index >= 15 is 0 Å². The van der Waals surface area contributed by atoms with E-state index in [0.29, 0.717) is 17.3 Å². The van der Waals surface area contributed by atoms with E-state index in [1.54, 1.807) is 0 Å². The quantitative estimate of drug-likeness (QED) is 0.840. The Morgan fingerprint density at radius 1 is 1.40 bits per heavy atom. The molecule has 3 nitrogen and oxygen atoms in total. The molecule has 20 heavy (non-hydrogen) atoms. The van der Waals surface area contributed by atoms with Crippen molar-refractivity contribution < 1.29 is 17.9 Å². The van der Waals surface area contributed by atoms with Gasteiger partial charge < -0.3 is 15.4 Å². The van der Waals surface area contributed by atoms with Crippen LogP contribution in [0.3, 0.4) is 0 Å². The van der Waals surface area contributed by atoms with Gasteiger partial charge in [0.2, 0.25) is 0 Å². The molecule has 1 saturated heterocycles. The lowest BCUT2D eigenvalue weighted by Crippen LogP contribution is -2.34. The Morgan fingerprint density at radius 2 is 2.20 bits per heavy atom. The molecule has 0 aliphatic carbocycles. The molecule has 110 valence electrons. The lowest BCUT2D eigenvalue weighted by molar-refractivity contribution is -0.137. The van der Waals surface area contributed by atoms with Crippen molar-refractivity contribution >= 4 is 23.0 Å². The van der Waals surface area contributed by atoms with Crippen molar-refractivity contribution in [3.63, 3.8) is 0 Å². The minimum atomic E-state index is -4.36. The molecule has 2 N–H and O–H groups in total. The van der Waals surface area contributed by atoms with Gasteiger partial charge in [-0.3, -0.25) is 0 Å². The number of hydrogen-bond acceptors (Lipinski definition) is 2. The highest BCUT2D eigenvalue weighted by molar-refractivity contribution is 7.80. The summed E-state index contributed by atoms with van der Waals surface area (Å²) in [6.45, 7) is 1.31. The highest BCUT2D eigenvalue weighted by atomic mass is 32.1. The fourth-order valence-electron chi connectivity index (χ4n) is 1.96. The van der Waals surface area contributed by atoms with Crippen molar-refractivity contribution in [2.45, 2.75) is 25.1 Å². The minimum Gasteiger partial charge on any atom is -0.376 e. The molecule has 1 aliphatic heterocycles. The molecular formula is C13H15F3N2OS. The first-order valence-electron chi connectivity index (χ1n) is 6.29. The zero-order chi connectivity index (χ0) is 14.6. The Bertz CT molecular complexity index is 473. The SMILES string of the molecule is FC(F)(F)c1cccc(NC(=S)NC[C@H]2CCCO2)c1. The number of alkyl halides is 3. The standard InChI is InChI=1S/C13H15F3N2OS/c14-13(15,16)9-3-1-4-10(7-9)18-12(20)17-8-11-5-2-6-19-11/h1,3-4,7,11H,2,5-6,8H2,(H2,17,18,20)/t11-/m1/s1. The summed E-state index contributed by atoms with van der Waals surface area (Å²) in [5.41, 5.74) is -0.394. The van der Waals surface area contributed by atoms with Gasteiger partial charge in [-0.05, 0) is 43.3 Å². The Kier molecular flexibility index (Phi) is 4.82. The van der Waals surface area contributed by atoms with Crippen molar-refractivity contribution in [2.24, 2.45) is 0 Å². The molecule has 0 saturated carbocycles. The highest BCUT2D eigenvalue weighted by Crippen LogP contribution is 2.30. The monoisotopic (exact) mass is 304 g/mol. The van der Waals surface area contributed by atoms with E-state index in [1.807, 2.05) is 0 Å². The Morgan fingerprint density at radius 3 is 2.85 bits per heavy atom. The van der Waals surface area contributed by atoms with Crippen LogP contribution in [0, 0.1) is 0 Å². The van der Waals surface area contributed by atoms with Crippen LogP contribution in [0.1, 0.15) is 18.4 Å². The predicted molar refractivity (Wildman–Crippen MR) is 74.6 cm³/mol. The molecule has 1 fully saturated rings. The van der Waals surface area contributed by atoms with Gasteiger partial charge in [0.15, 0.2) is 5.11 Å². The topological polar surface area (TPSA) is 33.3 Å². The van der Waals surface area contributed by atoms with E-state index in [4.69, 9.17) is 17.0 Å². The number of anilines is 1. The largest absolute Gasteiger partial charge is 0.416 e. The summed E-state index contributed by atoms with van der Waals surface area (Å²) >= 11 is 5.05. The van der Waals surface area contributed by atoms with E-state index in [0.717, 1.165) is 31.6 Å². The number of nitrogens with one attached hydrogen (secondary N) is 2. The van der Waals surface area contributed by atoms with E-state index in [9.17, 15) is 13.2 Å². The molecule has 0 radical (unpaired) electrons. The first-order chi connectivity index (χ1) is 9.45. The van der Waals surface area contributed by atoms with Gasteiger partial charge in [-0.2, -0.15) is 13.2 Å². The molecule has 1 aliphatic rings. The van der Waals surface area contributed by atoms with Gasteiger partial charge in [0.1, 0.15) is 0 Å². The third-order valence-electron chi connectivity index (χ3n) is 2.96. The van der Waals surface area contributed by atoms with Gasteiger partial charge >= 0.3 is 6.18 Å². The molecule has 1 aromatic carbocycles. The lowest BCUT2D eigenvalue weighted by atomic mass is 10.2. The second-order valence-corrected chi connectivity index (χ2v) is 4.96. The van der Waals surface area contributed by atoms with Gasteiger partial charge in [-0.1, -0.05) is 6.07 Å². The summed E-state index contributed by atoms with van der Waals surface area (Å²) in [4.78, 5) is 0. The number of benzene rings is 1. The average Bonchev–Trinajstić information content (AvgIpc) is 2.89. The molecule has 0 amide bonds. The summed E-state index contributed by atoms with van der Waals surface area (Å²) < 4.78 is 43.1. The smallest absolute Gasteiger partial charge is 0.376 e. The maximum atomic E-state index is 12.6. The molecule has 7 heteroatoms. The van der Waals surface area contributed by atoms with Crippen molar-refractivity contribution in [1.29, 1.82) is 0 Å². The predicted octanol–water partition coefficient (Wildman–Crippen LogP) is 3.17. The van der Waals surface area contributed by atoms with E-state index in [2.05, 4.69) is 10.6 Å². The molecule has 2 rings (SSSR count). The molecule has 0 bridgehead atoms. The zero-order valence-electron chi connectivity index (χ0n) is 10.7. The van der Waals surface area contributed by atoms with E-state index < -0.39 is 11.7 Å². The summed E-state index contributed by atoms with van der Waals surface area (Å²) in [6.07, 6.45) is -2.24. The van der Waals surface area contributed by atoms with Crippen LogP contribution in [-0.2, 0) is 10.9 Å². The average molecular weight is 304 g/mol.